The first kappa shape index (κ1) is 33.2. The summed E-state index contributed by atoms with van der Waals surface area (Å²) in [4.78, 5) is 23.6. The maximum atomic E-state index is 13.7. The first-order valence-corrected chi connectivity index (χ1v) is 18.8. The maximum absolute atomic E-state index is 13.7. The van der Waals surface area contributed by atoms with Crippen LogP contribution in [-0.4, -0.2) is 47.3 Å². The highest BCUT2D eigenvalue weighted by Crippen LogP contribution is 2.52. The van der Waals surface area contributed by atoms with E-state index in [1.807, 2.05) is 24.0 Å². The Bertz CT molecular complexity index is 1780. The summed E-state index contributed by atoms with van der Waals surface area (Å²) in [5, 5.41) is 2.17. The number of likely N-dealkylation sites (N-methyl/N-ethyl adjacent to an activating group) is 1. The van der Waals surface area contributed by atoms with Gasteiger partial charge in [0.1, 0.15) is 11.1 Å². The van der Waals surface area contributed by atoms with E-state index in [4.69, 9.17) is 4.74 Å². The Labute approximate surface area is 292 Å². The van der Waals surface area contributed by atoms with Gasteiger partial charge in [-0.2, -0.15) is 0 Å². The van der Waals surface area contributed by atoms with Crippen LogP contribution in [0.3, 0.4) is 0 Å². The van der Waals surface area contributed by atoms with E-state index in [-0.39, 0.29) is 11.3 Å². The fraction of sp³-hybridized carbons (Fsp3) is 0.256. The molecule has 0 aromatic heterocycles. The number of anilines is 1. The minimum atomic E-state index is -0.108. The lowest BCUT2D eigenvalue weighted by atomic mass is 10.1. The van der Waals surface area contributed by atoms with Gasteiger partial charge in [-0.25, -0.2) is 0 Å². The van der Waals surface area contributed by atoms with Crippen molar-refractivity contribution in [3.8, 4) is 0 Å². The van der Waals surface area contributed by atoms with Crippen LogP contribution in [0.1, 0.15) is 44.4 Å². The maximum Gasteiger partial charge on any atom is 0.261 e. The van der Waals surface area contributed by atoms with Crippen molar-refractivity contribution in [1.29, 1.82) is 0 Å². The predicted octanol–water partition coefficient (Wildman–Crippen LogP) is 9.93. The van der Waals surface area contributed by atoms with Crippen LogP contribution in [0.5, 0.6) is 0 Å². The molecule has 3 aliphatic rings. The van der Waals surface area contributed by atoms with Crippen molar-refractivity contribution in [3.05, 3.63) is 141 Å². The lowest BCUT2D eigenvalue weighted by Gasteiger charge is -2.24. The van der Waals surface area contributed by atoms with Gasteiger partial charge in [0, 0.05) is 35.5 Å². The zero-order valence-electron chi connectivity index (χ0n) is 27.6. The minimum absolute atomic E-state index is 0.0537. The van der Waals surface area contributed by atoms with Crippen molar-refractivity contribution < 1.29 is 9.53 Å². The molecule has 1 saturated heterocycles. The van der Waals surface area contributed by atoms with Gasteiger partial charge in [0.05, 0.1) is 33.0 Å². The molecule has 3 aliphatic heterocycles. The van der Waals surface area contributed by atoms with Gasteiger partial charge in [-0.1, -0.05) is 102 Å². The molecule has 1 amide bonds. The summed E-state index contributed by atoms with van der Waals surface area (Å²) in [5.41, 5.74) is 6.08. The lowest BCUT2D eigenvalue weighted by Crippen LogP contribution is -2.31. The topological polar surface area (TPSA) is 36.0 Å². The molecule has 3 aromatic rings. The Kier molecular flexibility index (Phi) is 10.6. The van der Waals surface area contributed by atoms with Crippen molar-refractivity contribution in [3.63, 3.8) is 0 Å². The Morgan fingerprint density at radius 2 is 1.53 bits per heavy atom. The van der Waals surface area contributed by atoms with E-state index in [9.17, 15) is 4.79 Å². The molecule has 0 bridgehead atoms. The van der Waals surface area contributed by atoms with E-state index in [0.717, 1.165) is 33.8 Å². The average molecular weight is 680 g/mol. The van der Waals surface area contributed by atoms with Gasteiger partial charge in [0.25, 0.3) is 5.91 Å². The number of nitrogens with zero attached hydrogens (tertiary/aromatic N) is 3. The van der Waals surface area contributed by atoms with Crippen molar-refractivity contribution in [2.75, 3.05) is 31.1 Å². The number of ether oxygens (including phenoxy) is 1. The molecule has 1 unspecified atom stereocenters. The molecule has 0 saturated carbocycles. The summed E-state index contributed by atoms with van der Waals surface area (Å²) in [6.45, 7) is 13.4. The summed E-state index contributed by atoms with van der Waals surface area (Å²) in [6.07, 6.45) is 8.25. The molecule has 3 heterocycles. The minimum Gasteiger partial charge on any atom is -0.494 e. The number of rotatable bonds is 10. The number of thioether (sulfide) groups is 3. The Morgan fingerprint density at radius 3 is 2.19 bits per heavy atom. The van der Waals surface area contributed by atoms with Crippen LogP contribution < -0.4 is 4.90 Å². The van der Waals surface area contributed by atoms with E-state index in [1.54, 1.807) is 35.3 Å². The van der Waals surface area contributed by atoms with Crippen molar-refractivity contribution in [2.24, 2.45) is 0 Å². The first-order chi connectivity index (χ1) is 22.9. The van der Waals surface area contributed by atoms with Crippen LogP contribution in [0.25, 0.3) is 10.6 Å². The molecule has 5 nitrogen and oxygen atoms in total. The average Bonchev–Trinajstić information content (AvgIpc) is 3.73. The number of hydrogen-bond acceptors (Lipinski definition) is 7. The molecule has 0 N–H and O–H groups in total. The molecular weight excluding hydrogens is 639 g/mol. The molecule has 0 radical (unpaired) electrons. The molecule has 242 valence electrons. The fourth-order valence-corrected chi connectivity index (χ4v) is 9.70. The van der Waals surface area contributed by atoms with Gasteiger partial charge in [-0.3, -0.25) is 4.79 Å². The molecule has 0 spiro atoms. The van der Waals surface area contributed by atoms with Gasteiger partial charge in [-0.15, -0.1) is 0 Å². The third-order valence-electron chi connectivity index (χ3n) is 8.19. The fourth-order valence-electron chi connectivity index (χ4n) is 5.96. The highest BCUT2D eigenvalue weighted by atomic mass is 32.2. The highest BCUT2D eigenvalue weighted by Gasteiger charge is 2.36. The second-order valence-corrected chi connectivity index (χ2v) is 14.4. The van der Waals surface area contributed by atoms with Crippen LogP contribution in [0.15, 0.2) is 129 Å². The second kappa shape index (κ2) is 15.0. The largest absolute Gasteiger partial charge is 0.494 e. The smallest absolute Gasteiger partial charge is 0.261 e. The summed E-state index contributed by atoms with van der Waals surface area (Å²) in [5.74, 6) is 0.800. The number of aryl methyl sites for hydroxylation is 1. The number of carbonyl (C=O) groups excluding carboxylic acids is 1. The summed E-state index contributed by atoms with van der Waals surface area (Å²) in [6, 6.07) is 27.8. The third kappa shape index (κ3) is 6.96. The predicted molar refractivity (Wildman–Crippen MR) is 202 cm³/mol. The van der Waals surface area contributed by atoms with Crippen LogP contribution in [-0.2, 0) is 9.53 Å². The normalized spacial score (nSPS) is 20.8. The van der Waals surface area contributed by atoms with Crippen molar-refractivity contribution in [1.82, 2.24) is 9.80 Å². The Balaban J connectivity index is 1.29. The molecule has 47 heavy (non-hydrogen) atoms. The molecule has 1 atom stereocenters. The van der Waals surface area contributed by atoms with E-state index < -0.39 is 0 Å². The van der Waals surface area contributed by atoms with Crippen LogP contribution in [0, 0.1) is 6.92 Å². The lowest BCUT2D eigenvalue weighted by molar-refractivity contribution is -0.125. The Hall–Kier alpha value is -3.72. The molecule has 0 aliphatic carbocycles. The quantitative estimate of drug-likeness (QED) is 0.156. The van der Waals surface area contributed by atoms with E-state index >= 15 is 0 Å². The number of amides is 1. The number of benzene rings is 3. The van der Waals surface area contributed by atoms with Crippen LogP contribution >= 0.6 is 35.3 Å². The van der Waals surface area contributed by atoms with E-state index in [0.29, 0.717) is 13.2 Å². The molecule has 8 heteroatoms. The number of fused-ring (bicyclic) bond motifs is 1. The van der Waals surface area contributed by atoms with E-state index in [1.165, 1.54) is 37.9 Å². The standard InChI is InChI=1S/C39H41N3O2S3/c1-6-40-31-24-27(5)20-22-32(31)45-34(40)25-30(44-9-4)21-23-33-39(43)42(8-3)36(46-33)26-35-41(7-2)37(28-16-12-10-13-17-28)38(47-35)29-18-14-11-15-19-29/h10-26,36H,6-9H2,1-5H3/b30-21-,33-23+,34-25-,35-26-. The van der Waals surface area contributed by atoms with Crippen molar-refractivity contribution >= 4 is 57.5 Å². The first-order valence-electron chi connectivity index (χ1n) is 16.3. The number of carbonyl (C=O) groups is 1. The van der Waals surface area contributed by atoms with Crippen LogP contribution in [0.2, 0.25) is 0 Å². The molecule has 1 fully saturated rings. The van der Waals surface area contributed by atoms with Gasteiger partial charge in [-0.05, 0) is 81.7 Å². The summed E-state index contributed by atoms with van der Waals surface area (Å²) >= 11 is 5.16. The highest BCUT2D eigenvalue weighted by molar-refractivity contribution is 8.12. The zero-order chi connectivity index (χ0) is 32.9. The van der Waals surface area contributed by atoms with Gasteiger partial charge in [0.15, 0.2) is 0 Å². The van der Waals surface area contributed by atoms with Crippen LogP contribution in [0.4, 0.5) is 5.69 Å². The van der Waals surface area contributed by atoms with Gasteiger partial charge in [0.2, 0.25) is 0 Å². The second-order valence-electron chi connectivity index (χ2n) is 11.2. The Morgan fingerprint density at radius 1 is 0.830 bits per heavy atom. The van der Waals surface area contributed by atoms with Crippen molar-refractivity contribution in [2.45, 2.75) is 44.9 Å². The molecular formula is C39H41N3O2S3. The molecule has 6 rings (SSSR count). The summed E-state index contributed by atoms with van der Waals surface area (Å²) < 4.78 is 6.08. The summed E-state index contributed by atoms with van der Waals surface area (Å²) in [7, 11) is 0. The number of hydrogen-bond donors (Lipinski definition) is 0. The third-order valence-corrected chi connectivity index (χ3v) is 11.7. The zero-order valence-corrected chi connectivity index (χ0v) is 30.1. The van der Waals surface area contributed by atoms with Gasteiger partial charge < -0.3 is 19.4 Å². The van der Waals surface area contributed by atoms with E-state index in [2.05, 4.69) is 129 Å². The molecule has 3 aromatic carbocycles. The van der Waals surface area contributed by atoms with Gasteiger partial charge >= 0.3 is 0 Å². The monoisotopic (exact) mass is 679 g/mol. The SMILES string of the molecule is CCOC(=C\C=C1\SC(/C=C2\SC(c3ccccc3)=C(c3ccccc3)N2CC)N(CC)C1=O)/C=C1\Sc2ccc(C)cc2N1CC. The number of allylic oxidation sites excluding steroid dienone is 3.